The number of hydrogen-bond donors (Lipinski definition) is 1. The molecule has 3 heteroatoms. The van der Waals surface area contributed by atoms with Crippen molar-refractivity contribution in [3.63, 3.8) is 0 Å². The van der Waals surface area contributed by atoms with E-state index in [1.54, 1.807) is 19.2 Å². The zero-order chi connectivity index (χ0) is 18.2. The van der Waals surface area contributed by atoms with Crippen LogP contribution in [0.3, 0.4) is 0 Å². The Hall–Kier alpha value is -1.64. The van der Waals surface area contributed by atoms with Crippen LogP contribution in [0.25, 0.3) is 0 Å². The predicted molar refractivity (Wildman–Crippen MR) is 101 cm³/mol. The van der Waals surface area contributed by atoms with Crippen molar-refractivity contribution in [3.05, 3.63) is 29.8 Å². The molecule has 3 nitrogen and oxygen atoms in total. The van der Waals surface area contributed by atoms with Crippen LogP contribution in [0.4, 0.5) is 0 Å². The van der Waals surface area contributed by atoms with Crippen LogP contribution in [0, 0.1) is 22.7 Å². The fraction of sp³-hybridized carbons (Fsp3) is 0.636. The standard InChI is InChI=1S/C22H32O3/c1-15-7-8-20-21(2,3)9-6-10-22(20,4)19(15)14-25-18-12-16(23)11-17(13-18)24-5/h7,11-13,19-20,23H,6,8-10,14H2,1-5H3. The Morgan fingerprint density at radius 3 is 2.56 bits per heavy atom. The van der Waals surface area contributed by atoms with Crippen LogP contribution >= 0.6 is 0 Å². The highest BCUT2D eigenvalue weighted by Crippen LogP contribution is 2.59. The first-order chi connectivity index (χ1) is 11.8. The summed E-state index contributed by atoms with van der Waals surface area (Å²) in [7, 11) is 1.60. The average Bonchev–Trinajstić information content (AvgIpc) is 2.52. The highest BCUT2D eigenvalue weighted by molar-refractivity contribution is 5.41. The van der Waals surface area contributed by atoms with E-state index < -0.39 is 0 Å². The normalized spacial score (nSPS) is 31.0. The second-order valence-electron chi connectivity index (χ2n) is 8.81. The molecule has 0 radical (unpaired) electrons. The van der Waals surface area contributed by atoms with Crippen LogP contribution in [0.15, 0.2) is 29.8 Å². The predicted octanol–water partition coefficient (Wildman–Crippen LogP) is 5.58. The fourth-order valence-corrected chi connectivity index (χ4v) is 5.40. The summed E-state index contributed by atoms with van der Waals surface area (Å²) in [6, 6.07) is 5.10. The van der Waals surface area contributed by atoms with Gasteiger partial charge in [0.05, 0.1) is 13.7 Å². The molecule has 0 aromatic heterocycles. The van der Waals surface area contributed by atoms with Gasteiger partial charge in [-0.1, -0.05) is 38.8 Å². The number of ether oxygens (including phenoxy) is 2. The van der Waals surface area contributed by atoms with Gasteiger partial charge in [0.2, 0.25) is 0 Å². The minimum atomic E-state index is 0.174. The number of fused-ring (bicyclic) bond motifs is 1. The topological polar surface area (TPSA) is 38.7 Å². The lowest BCUT2D eigenvalue weighted by Gasteiger charge is -2.56. The van der Waals surface area contributed by atoms with E-state index in [9.17, 15) is 5.11 Å². The maximum Gasteiger partial charge on any atom is 0.126 e. The Morgan fingerprint density at radius 2 is 1.84 bits per heavy atom. The molecule has 0 saturated heterocycles. The highest BCUT2D eigenvalue weighted by atomic mass is 16.5. The van der Waals surface area contributed by atoms with Gasteiger partial charge in [-0.3, -0.25) is 0 Å². The number of benzene rings is 1. The molecule has 25 heavy (non-hydrogen) atoms. The van der Waals surface area contributed by atoms with Gasteiger partial charge < -0.3 is 14.6 Å². The van der Waals surface area contributed by atoms with Crippen molar-refractivity contribution in [2.24, 2.45) is 22.7 Å². The third kappa shape index (κ3) is 3.38. The van der Waals surface area contributed by atoms with Crippen molar-refractivity contribution in [3.8, 4) is 17.2 Å². The van der Waals surface area contributed by atoms with E-state index in [-0.39, 0.29) is 11.2 Å². The number of phenols is 1. The number of phenolic OH excluding ortho intramolecular Hbond substituents is 1. The smallest absolute Gasteiger partial charge is 0.126 e. The first-order valence-corrected chi connectivity index (χ1v) is 9.44. The van der Waals surface area contributed by atoms with Crippen molar-refractivity contribution in [1.29, 1.82) is 0 Å². The van der Waals surface area contributed by atoms with Crippen LogP contribution in [0.5, 0.6) is 17.2 Å². The highest BCUT2D eigenvalue weighted by Gasteiger charge is 2.52. The molecule has 2 aliphatic rings. The molecule has 0 bridgehead atoms. The molecule has 138 valence electrons. The van der Waals surface area contributed by atoms with Gasteiger partial charge in [-0.25, -0.2) is 0 Å². The zero-order valence-electron chi connectivity index (χ0n) is 16.3. The number of methoxy groups -OCH3 is 1. The summed E-state index contributed by atoms with van der Waals surface area (Å²) >= 11 is 0. The van der Waals surface area contributed by atoms with E-state index >= 15 is 0 Å². The lowest BCUT2D eigenvalue weighted by molar-refractivity contribution is -0.0481. The molecular formula is C22H32O3. The van der Waals surface area contributed by atoms with Crippen LogP contribution in [-0.4, -0.2) is 18.8 Å². The summed E-state index contributed by atoms with van der Waals surface area (Å²) in [5, 5.41) is 9.85. The lowest BCUT2D eigenvalue weighted by Crippen LogP contribution is -2.49. The van der Waals surface area contributed by atoms with Gasteiger partial charge in [0.15, 0.2) is 0 Å². The molecule has 2 aliphatic carbocycles. The van der Waals surface area contributed by atoms with Gasteiger partial charge in [0.25, 0.3) is 0 Å². The summed E-state index contributed by atoms with van der Waals surface area (Å²) in [4.78, 5) is 0. The van der Waals surface area contributed by atoms with Gasteiger partial charge in [0, 0.05) is 24.1 Å². The Labute approximate surface area is 152 Å². The molecule has 0 amide bonds. The van der Waals surface area contributed by atoms with E-state index in [2.05, 4.69) is 33.8 Å². The van der Waals surface area contributed by atoms with Crippen LogP contribution < -0.4 is 9.47 Å². The summed E-state index contributed by atoms with van der Waals surface area (Å²) in [5.41, 5.74) is 2.11. The van der Waals surface area contributed by atoms with Crippen molar-refractivity contribution >= 4 is 0 Å². The Bertz CT molecular complexity index is 661. The molecule has 1 aromatic carbocycles. The number of hydrogen-bond acceptors (Lipinski definition) is 3. The number of allylic oxidation sites excluding steroid dienone is 1. The van der Waals surface area contributed by atoms with E-state index in [1.165, 1.54) is 31.3 Å². The quantitative estimate of drug-likeness (QED) is 0.725. The summed E-state index contributed by atoms with van der Waals surface area (Å²) in [6.07, 6.45) is 7.49. The van der Waals surface area contributed by atoms with Crippen LogP contribution in [0.1, 0.15) is 53.4 Å². The van der Waals surface area contributed by atoms with E-state index in [1.807, 2.05) is 6.07 Å². The molecule has 1 saturated carbocycles. The van der Waals surface area contributed by atoms with E-state index in [4.69, 9.17) is 9.47 Å². The second-order valence-corrected chi connectivity index (χ2v) is 8.81. The molecule has 3 atom stereocenters. The fourth-order valence-electron chi connectivity index (χ4n) is 5.40. The largest absolute Gasteiger partial charge is 0.508 e. The zero-order valence-corrected chi connectivity index (χ0v) is 16.3. The van der Waals surface area contributed by atoms with Gasteiger partial charge >= 0.3 is 0 Å². The Kier molecular flexibility index (Phi) is 4.78. The third-order valence-corrected chi connectivity index (χ3v) is 6.81. The van der Waals surface area contributed by atoms with E-state index in [0.29, 0.717) is 35.4 Å². The van der Waals surface area contributed by atoms with Crippen molar-refractivity contribution in [1.82, 2.24) is 0 Å². The van der Waals surface area contributed by atoms with Crippen molar-refractivity contribution < 1.29 is 14.6 Å². The van der Waals surface area contributed by atoms with Gasteiger partial charge in [-0.2, -0.15) is 0 Å². The molecule has 0 heterocycles. The Morgan fingerprint density at radius 1 is 1.12 bits per heavy atom. The second kappa shape index (κ2) is 6.59. The maximum absolute atomic E-state index is 9.85. The SMILES string of the molecule is COc1cc(O)cc(OCC2C(C)=CCC3C(C)(C)CCCC23C)c1. The summed E-state index contributed by atoms with van der Waals surface area (Å²) < 4.78 is 11.4. The van der Waals surface area contributed by atoms with Gasteiger partial charge in [-0.05, 0) is 42.9 Å². The van der Waals surface area contributed by atoms with Crippen LogP contribution in [-0.2, 0) is 0 Å². The van der Waals surface area contributed by atoms with Crippen molar-refractivity contribution in [2.45, 2.75) is 53.4 Å². The number of rotatable bonds is 4. The summed E-state index contributed by atoms with van der Waals surface area (Å²) in [6.45, 7) is 10.2. The molecular weight excluding hydrogens is 312 g/mol. The van der Waals surface area contributed by atoms with Gasteiger partial charge in [-0.15, -0.1) is 0 Å². The molecule has 3 unspecified atom stereocenters. The van der Waals surface area contributed by atoms with Gasteiger partial charge in [0.1, 0.15) is 17.2 Å². The third-order valence-electron chi connectivity index (χ3n) is 6.81. The first-order valence-electron chi connectivity index (χ1n) is 9.44. The molecule has 3 rings (SSSR count). The molecule has 1 fully saturated rings. The lowest BCUT2D eigenvalue weighted by atomic mass is 9.49. The minimum Gasteiger partial charge on any atom is -0.508 e. The summed E-state index contributed by atoms with van der Waals surface area (Å²) in [5.74, 6) is 2.58. The average molecular weight is 344 g/mol. The number of aromatic hydroxyl groups is 1. The molecule has 1 aromatic rings. The molecule has 1 N–H and O–H groups in total. The monoisotopic (exact) mass is 344 g/mol. The maximum atomic E-state index is 9.85. The molecule has 0 spiro atoms. The Balaban J connectivity index is 1.82. The molecule has 0 aliphatic heterocycles. The van der Waals surface area contributed by atoms with E-state index in [0.717, 1.165) is 0 Å². The van der Waals surface area contributed by atoms with Crippen molar-refractivity contribution in [2.75, 3.05) is 13.7 Å². The first kappa shape index (κ1) is 18.2. The van der Waals surface area contributed by atoms with Crippen LogP contribution in [0.2, 0.25) is 0 Å². The minimum absolute atomic E-state index is 0.174.